The molecule has 0 bridgehead atoms. The molecule has 0 unspecified atom stereocenters. The fraction of sp³-hybridized carbons (Fsp3) is 0.375. The van der Waals surface area contributed by atoms with E-state index in [-0.39, 0.29) is 29.5 Å². The highest BCUT2D eigenvalue weighted by Crippen LogP contribution is 2.38. The van der Waals surface area contributed by atoms with Gasteiger partial charge in [-0.25, -0.2) is 9.97 Å². The molecule has 2 fully saturated rings. The SMILES string of the molecule is COc1c(-c2cnn([C@@H]3COC[C@@H]3OC)c2)ccnc1Nc1cc(NC(=O)C2CC2)ncc1C(N)=O. The molecule has 36 heavy (non-hydrogen) atoms. The predicted molar refractivity (Wildman–Crippen MR) is 130 cm³/mol. The Hall–Kier alpha value is -4.03. The molecule has 188 valence electrons. The Labute approximate surface area is 207 Å². The topological polar surface area (TPSA) is 156 Å². The van der Waals surface area contributed by atoms with Gasteiger partial charge in [0.05, 0.1) is 37.8 Å². The van der Waals surface area contributed by atoms with Crippen LogP contribution in [-0.2, 0) is 14.3 Å². The summed E-state index contributed by atoms with van der Waals surface area (Å²) in [5.41, 5.74) is 7.60. The summed E-state index contributed by atoms with van der Waals surface area (Å²) in [6.45, 7) is 1.03. The number of anilines is 3. The Balaban J connectivity index is 1.45. The molecule has 1 saturated carbocycles. The summed E-state index contributed by atoms with van der Waals surface area (Å²) in [7, 11) is 3.19. The number of rotatable bonds is 9. The van der Waals surface area contributed by atoms with E-state index in [4.69, 9.17) is 19.9 Å². The van der Waals surface area contributed by atoms with Crippen molar-refractivity contribution in [2.75, 3.05) is 38.1 Å². The third kappa shape index (κ3) is 4.72. The average molecular weight is 494 g/mol. The second kappa shape index (κ2) is 9.91. The number of nitrogens with zero attached hydrogens (tertiary/aromatic N) is 4. The first-order chi connectivity index (χ1) is 17.5. The van der Waals surface area contributed by atoms with Crippen LogP contribution in [0.1, 0.15) is 29.2 Å². The second-order valence-electron chi connectivity index (χ2n) is 8.70. The number of carbonyl (C=O) groups is 2. The van der Waals surface area contributed by atoms with Crippen LogP contribution < -0.4 is 21.1 Å². The Morgan fingerprint density at radius 1 is 1.19 bits per heavy atom. The highest BCUT2D eigenvalue weighted by molar-refractivity contribution is 6.00. The minimum Gasteiger partial charge on any atom is -0.492 e. The largest absolute Gasteiger partial charge is 0.492 e. The van der Waals surface area contributed by atoms with Gasteiger partial charge in [-0.05, 0) is 18.9 Å². The second-order valence-corrected chi connectivity index (χ2v) is 8.70. The van der Waals surface area contributed by atoms with Crippen LogP contribution in [-0.4, -0.2) is 65.1 Å². The molecule has 1 aliphatic heterocycles. The van der Waals surface area contributed by atoms with Gasteiger partial charge in [-0.15, -0.1) is 0 Å². The highest BCUT2D eigenvalue weighted by Gasteiger charge is 2.31. The van der Waals surface area contributed by atoms with Crippen LogP contribution >= 0.6 is 0 Å². The molecule has 2 aliphatic rings. The molecule has 1 aliphatic carbocycles. The molecule has 5 rings (SSSR count). The summed E-state index contributed by atoms with van der Waals surface area (Å²) in [5.74, 6) is 0.343. The van der Waals surface area contributed by atoms with E-state index >= 15 is 0 Å². The number of primary amides is 1. The normalized spacial score (nSPS) is 19.2. The Bertz CT molecular complexity index is 1290. The first kappa shape index (κ1) is 23.7. The van der Waals surface area contributed by atoms with Gasteiger partial charge in [0.1, 0.15) is 18.0 Å². The fourth-order valence-corrected chi connectivity index (χ4v) is 4.15. The number of hydrogen-bond donors (Lipinski definition) is 3. The maximum Gasteiger partial charge on any atom is 0.252 e. The number of hydrogen-bond acceptors (Lipinski definition) is 9. The average Bonchev–Trinajstić information content (AvgIpc) is 3.42. The van der Waals surface area contributed by atoms with Crippen molar-refractivity contribution in [3.63, 3.8) is 0 Å². The van der Waals surface area contributed by atoms with Crippen molar-refractivity contribution in [2.45, 2.75) is 25.0 Å². The zero-order chi connectivity index (χ0) is 25.2. The zero-order valence-electron chi connectivity index (χ0n) is 19.9. The summed E-state index contributed by atoms with van der Waals surface area (Å²) in [5, 5.41) is 10.4. The first-order valence-electron chi connectivity index (χ1n) is 11.5. The van der Waals surface area contributed by atoms with Crippen molar-refractivity contribution in [1.82, 2.24) is 19.7 Å². The third-order valence-corrected chi connectivity index (χ3v) is 6.29. The van der Waals surface area contributed by atoms with E-state index < -0.39 is 5.91 Å². The van der Waals surface area contributed by atoms with Gasteiger partial charge in [0.15, 0.2) is 11.6 Å². The lowest BCUT2D eigenvalue weighted by molar-refractivity contribution is -0.117. The van der Waals surface area contributed by atoms with E-state index in [9.17, 15) is 9.59 Å². The van der Waals surface area contributed by atoms with E-state index in [1.54, 1.807) is 25.6 Å². The molecule has 2 amide bonds. The molecule has 12 heteroatoms. The summed E-state index contributed by atoms with van der Waals surface area (Å²) >= 11 is 0. The minimum atomic E-state index is -0.673. The van der Waals surface area contributed by atoms with E-state index in [2.05, 4.69) is 25.7 Å². The fourth-order valence-electron chi connectivity index (χ4n) is 4.15. The molecule has 0 spiro atoms. The summed E-state index contributed by atoms with van der Waals surface area (Å²) in [6.07, 6.45) is 8.22. The third-order valence-electron chi connectivity index (χ3n) is 6.29. The first-order valence-corrected chi connectivity index (χ1v) is 11.5. The number of carbonyl (C=O) groups excluding carboxylic acids is 2. The van der Waals surface area contributed by atoms with Crippen molar-refractivity contribution >= 4 is 29.1 Å². The molecule has 2 atom stereocenters. The summed E-state index contributed by atoms with van der Waals surface area (Å²) in [6, 6.07) is 3.33. The van der Waals surface area contributed by atoms with Crippen molar-refractivity contribution in [3.05, 3.63) is 42.5 Å². The van der Waals surface area contributed by atoms with Gasteiger partial charge in [0, 0.05) is 48.8 Å². The number of nitrogens with two attached hydrogens (primary N) is 1. The van der Waals surface area contributed by atoms with E-state index in [0.29, 0.717) is 36.3 Å². The van der Waals surface area contributed by atoms with Crippen LogP contribution in [0.3, 0.4) is 0 Å². The lowest BCUT2D eigenvalue weighted by atomic mass is 10.1. The van der Waals surface area contributed by atoms with Gasteiger partial charge in [0.2, 0.25) is 5.91 Å². The summed E-state index contributed by atoms with van der Waals surface area (Å²) < 4.78 is 18.6. The van der Waals surface area contributed by atoms with Gasteiger partial charge >= 0.3 is 0 Å². The van der Waals surface area contributed by atoms with E-state index in [1.165, 1.54) is 13.3 Å². The van der Waals surface area contributed by atoms with Crippen molar-refractivity contribution in [3.8, 4) is 16.9 Å². The van der Waals surface area contributed by atoms with Gasteiger partial charge in [-0.2, -0.15) is 5.10 Å². The highest BCUT2D eigenvalue weighted by atomic mass is 16.5. The number of methoxy groups -OCH3 is 2. The van der Waals surface area contributed by atoms with E-state index in [0.717, 1.165) is 24.0 Å². The van der Waals surface area contributed by atoms with Crippen LogP contribution in [0.4, 0.5) is 17.3 Å². The monoisotopic (exact) mass is 493 g/mol. The minimum absolute atomic E-state index is 0.00773. The van der Waals surface area contributed by atoms with Gasteiger partial charge in [0.25, 0.3) is 5.91 Å². The van der Waals surface area contributed by atoms with E-state index in [1.807, 2.05) is 16.9 Å². The molecule has 1 saturated heterocycles. The van der Waals surface area contributed by atoms with Crippen molar-refractivity contribution in [2.24, 2.45) is 11.7 Å². The number of amides is 2. The summed E-state index contributed by atoms with van der Waals surface area (Å²) in [4.78, 5) is 32.8. The number of nitrogens with one attached hydrogen (secondary N) is 2. The molecular weight excluding hydrogens is 466 g/mol. The molecule has 3 aromatic rings. The molecule has 3 aromatic heterocycles. The number of ether oxygens (including phenoxy) is 3. The van der Waals surface area contributed by atoms with Gasteiger partial charge in [-0.1, -0.05) is 0 Å². The van der Waals surface area contributed by atoms with Gasteiger partial charge in [-0.3, -0.25) is 14.3 Å². The Kier molecular flexibility index (Phi) is 6.53. The molecule has 4 N–H and O–H groups in total. The standard InChI is InChI=1S/C24H27N7O5/c1-34-19-12-36-11-18(19)31-10-14(8-28-31)15-5-6-26-23(21(15)35-2)29-17-7-20(27-9-16(17)22(25)32)30-24(33)13-3-4-13/h5-10,13,18-19H,3-4,11-12H2,1-2H3,(H2,25,32)(H2,26,27,29,30,33)/t18-,19+/m1/s1. The van der Waals surface area contributed by atoms with Crippen molar-refractivity contribution < 1.29 is 23.8 Å². The molecular formula is C24H27N7O5. The van der Waals surface area contributed by atoms with Crippen LogP contribution in [0.15, 0.2) is 36.9 Å². The smallest absolute Gasteiger partial charge is 0.252 e. The maximum absolute atomic E-state index is 12.2. The van der Waals surface area contributed by atoms with Crippen LogP contribution in [0.5, 0.6) is 5.75 Å². The van der Waals surface area contributed by atoms with Crippen LogP contribution in [0, 0.1) is 5.92 Å². The Morgan fingerprint density at radius 3 is 2.75 bits per heavy atom. The Morgan fingerprint density at radius 2 is 2.03 bits per heavy atom. The molecule has 12 nitrogen and oxygen atoms in total. The zero-order valence-corrected chi connectivity index (χ0v) is 19.9. The lowest BCUT2D eigenvalue weighted by Gasteiger charge is -2.17. The number of pyridine rings is 2. The van der Waals surface area contributed by atoms with Crippen LogP contribution in [0.2, 0.25) is 0 Å². The van der Waals surface area contributed by atoms with Crippen LogP contribution in [0.25, 0.3) is 11.1 Å². The molecule has 0 aromatic carbocycles. The molecule has 4 heterocycles. The number of aromatic nitrogens is 4. The maximum atomic E-state index is 12.2. The lowest BCUT2D eigenvalue weighted by Crippen LogP contribution is -2.24. The quantitative estimate of drug-likeness (QED) is 0.406. The molecule has 0 radical (unpaired) electrons. The van der Waals surface area contributed by atoms with Crippen molar-refractivity contribution in [1.29, 1.82) is 0 Å². The van der Waals surface area contributed by atoms with Gasteiger partial charge < -0.3 is 30.6 Å². The predicted octanol–water partition coefficient (Wildman–Crippen LogP) is 2.13.